The quantitative estimate of drug-likeness (QED) is 0.338. The van der Waals surface area contributed by atoms with Crippen LogP contribution in [0.25, 0.3) is 11.1 Å². The van der Waals surface area contributed by atoms with Crippen LogP contribution in [0, 0.1) is 0 Å². The van der Waals surface area contributed by atoms with E-state index in [-0.39, 0.29) is 25.2 Å². The Morgan fingerprint density at radius 3 is 2.67 bits per heavy atom. The first-order valence-corrected chi connectivity index (χ1v) is 11.7. The highest BCUT2D eigenvalue weighted by atomic mass is 35.5. The fraction of sp³-hybridized carbons (Fsp3) is 0.308. The van der Waals surface area contributed by atoms with Crippen LogP contribution in [0.3, 0.4) is 0 Å². The standard InChI is InChI=1S/C26H24ClF3N2O4/c1-2-34-25(33)16-35-23-13-17(20-5-3-4-6-21(20)27)7-9-22(23)32-12-11-19(15-32)36-24-10-8-18(14-31-24)26(28,29)30/h3-10,13-14,19H,2,11-12,15-16H2,1H3/t19-/m0/s1. The van der Waals surface area contributed by atoms with Gasteiger partial charge >= 0.3 is 12.1 Å². The number of hydrogen-bond donors (Lipinski definition) is 0. The first kappa shape index (κ1) is 25.6. The maximum atomic E-state index is 12.8. The number of carbonyl (C=O) groups excluding carboxylic acids is 1. The van der Waals surface area contributed by atoms with E-state index in [4.69, 9.17) is 25.8 Å². The van der Waals surface area contributed by atoms with Gasteiger partial charge in [0.25, 0.3) is 0 Å². The Labute approximate surface area is 211 Å². The molecule has 10 heteroatoms. The summed E-state index contributed by atoms with van der Waals surface area (Å²) in [5, 5.41) is 0.584. The highest BCUT2D eigenvalue weighted by Gasteiger charge is 2.31. The average Bonchev–Trinajstić information content (AvgIpc) is 3.31. The van der Waals surface area contributed by atoms with Gasteiger partial charge in [-0.1, -0.05) is 35.9 Å². The van der Waals surface area contributed by atoms with Crippen LogP contribution in [-0.2, 0) is 15.7 Å². The minimum Gasteiger partial charge on any atom is -0.480 e. The van der Waals surface area contributed by atoms with E-state index >= 15 is 0 Å². The Morgan fingerprint density at radius 1 is 1.17 bits per heavy atom. The molecule has 0 unspecified atom stereocenters. The van der Waals surface area contributed by atoms with Gasteiger partial charge in [0, 0.05) is 35.8 Å². The number of nitrogens with zero attached hydrogens (tertiary/aromatic N) is 2. The van der Waals surface area contributed by atoms with Crippen molar-refractivity contribution in [3.05, 3.63) is 71.4 Å². The normalized spacial score (nSPS) is 15.6. The zero-order chi connectivity index (χ0) is 25.7. The summed E-state index contributed by atoms with van der Waals surface area (Å²) in [6, 6.07) is 15.2. The molecule has 0 amide bonds. The first-order valence-electron chi connectivity index (χ1n) is 11.4. The summed E-state index contributed by atoms with van der Waals surface area (Å²) in [7, 11) is 0. The predicted octanol–water partition coefficient (Wildman–Crippen LogP) is 6.02. The lowest BCUT2D eigenvalue weighted by molar-refractivity contribution is -0.145. The number of rotatable bonds is 8. The third-order valence-electron chi connectivity index (χ3n) is 5.63. The molecule has 2 aromatic carbocycles. The third-order valence-corrected chi connectivity index (χ3v) is 5.96. The maximum absolute atomic E-state index is 12.8. The van der Waals surface area contributed by atoms with Crippen LogP contribution in [0.5, 0.6) is 11.6 Å². The van der Waals surface area contributed by atoms with Gasteiger partial charge in [0.15, 0.2) is 6.61 Å². The van der Waals surface area contributed by atoms with Crippen molar-refractivity contribution in [2.45, 2.75) is 25.6 Å². The summed E-state index contributed by atoms with van der Waals surface area (Å²) in [5.41, 5.74) is 1.57. The summed E-state index contributed by atoms with van der Waals surface area (Å²) in [5.74, 6) is 0.124. The third kappa shape index (κ3) is 6.20. The van der Waals surface area contributed by atoms with Crippen LogP contribution in [0.15, 0.2) is 60.8 Å². The molecule has 1 atom stereocenters. The Morgan fingerprint density at radius 2 is 1.97 bits per heavy atom. The van der Waals surface area contributed by atoms with E-state index in [9.17, 15) is 18.0 Å². The van der Waals surface area contributed by atoms with Crippen molar-refractivity contribution < 1.29 is 32.2 Å². The number of ether oxygens (including phenoxy) is 3. The summed E-state index contributed by atoms with van der Waals surface area (Å²) in [6.45, 7) is 2.79. The number of benzene rings is 2. The molecule has 2 heterocycles. The summed E-state index contributed by atoms with van der Waals surface area (Å²) >= 11 is 6.37. The van der Waals surface area contributed by atoms with Gasteiger partial charge in [-0.15, -0.1) is 0 Å². The number of halogens is 4. The lowest BCUT2D eigenvalue weighted by Crippen LogP contribution is -2.25. The second-order valence-electron chi connectivity index (χ2n) is 8.11. The van der Waals surface area contributed by atoms with Gasteiger partial charge in [-0.25, -0.2) is 9.78 Å². The van der Waals surface area contributed by atoms with Crippen LogP contribution in [0.4, 0.5) is 18.9 Å². The molecule has 0 N–H and O–H groups in total. The lowest BCUT2D eigenvalue weighted by atomic mass is 10.0. The van der Waals surface area contributed by atoms with Crippen molar-refractivity contribution in [3.63, 3.8) is 0 Å². The molecule has 1 aromatic heterocycles. The number of esters is 1. The Balaban J connectivity index is 1.51. The van der Waals surface area contributed by atoms with E-state index in [2.05, 4.69) is 4.98 Å². The number of alkyl halides is 3. The van der Waals surface area contributed by atoms with Gasteiger partial charge in [0.1, 0.15) is 11.9 Å². The SMILES string of the molecule is CCOC(=O)COc1cc(-c2ccccc2Cl)ccc1N1CC[C@H](Oc2ccc(C(F)(F)F)cn2)C1. The second-order valence-corrected chi connectivity index (χ2v) is 8.52. The fourth-order valence-corrected chi connectivity index (χ4v) is 4.17. The van der Waals surface area contributed by atoms with Crippen molar-refractivity contribution in [1.29, 1.82) is 0 Å². The average molecular weight is 521 g/mol. The minimum absolute atomic E-state index is 0.128. The molecule has 36 heavy (non-hydrogen) atoms. The largest absolute Gasteiger partial charge is 0.480 e. The van der Waals surface area contributed by atoms with Crippen molar-refractivity contribution in [2.24, 2.45) is 0 Å². The van der Waals surface area contributed by atoms with Crippen molar-refractivity contribution in [2.75, 3.05) is 31.2 Å². The number of pyridine rings is 1. The fourth-order valence-electron chi connectivity index (χ4n) is 3.92. The van der Waals surface area contributed by atoms with Gasteiger partial charge < -0.3 is 19.1 Å². The van der Waals surface area contributed by atoms with Crippen molar-refractivity contribution in [3.8, 4) is 22.8 Å². The van der Waals surface area contributed by atoms with E-state index in [1.54, 1.807) is 13.0 Å². The van der Waals surface area contributed by atoms with Crippen molar-refractivity contribution >= 4 is 23.3 Å². The number of aromatic nitrogens is 1. The van der Waals surface area contributed by atoms with Crippen LogP contribution < -0.4 is 14.4 Å². The molecule has 1 saturated heterocycles. The van der Waals surface area contributed by atoms with Gasteiger partial charge in [-0.05, 0) is 36.8 Å². The molecule has 190 valence electrons. The molecule has 0 aliphatic carbocycles. The first-order chi connectivity index (χ1) is 17.2. The van der Waals surface area contributed by atoms with E-state index in [0.717, 1.165) is 29.1 Å². The Kier molecular flexibility index (Phi) is 7.88. The lowest BCUT2D eigenvalue weighted by Gasteiger charge is -2.23. The molecular weight excluding hydrogens is 497 g/mol. The van der Waals surface area contributed by atoms with E-state index < -0.39 is 17.7 Å². The zero-order valence-corrected chi connectivity index (χ0v) is 20.2. The Hall–Kier alpha value is -3.46. The molecule has 1 fully saturated rings. The van der Waals surface area contributed by atoms with Crippen LogP contribution in [0.2, 0.25) is 5.02 Å². The van der Waals surface area contributed by atoms with Crippen LogP contribution in [-0.4, -0.2) is 43.4 Å². The molecular formula is C26H24ClF3N2O4. The topological polar surface area (TPSA) is 60.9 Å². The summed E-state index contributed by atoms with van der Waals surface area (Å²) < 4.78 is 55.0. The molecule has 4 rings (SSSR count). The molecule has 1 aliphatic rings. The van der Waals surface area contributed by atoms with E-state index in [0.29, 0.717) is 30.3 Å². The Bertz CT molecular complexity index is 1200. The highest BCUT2D eigenvalue weighted by Crippen LogP contribution is 2.38. The summed E-state index contributed by atoms with van der Waals surface area (Å²) in [4.78, 5) is 17.7. The predicted molar refractivity (Wildman–Crippen MR) is 130 cm³/mol. The van der Waals surface area contributed by atoms with Gasteiger partial charge in [-0.2, -0.15) is 13.2 Å². The molecule has 1 aliphatic heterocycles. The zero-order valence-electron chi connectivity index (χ0n) is 19.4. The molecule has 6 nitrogen and oxygen atoms in total. The molecule has 0 bridgehead atoms. The summed E-state index contributed by atoms with van der Waals surface area (Å²) in [6.07, 6.45) is -3.34. The molecule has 0 spiro atoms. The van der Waals surface area contributed by atoms with Crippen molar-refractivity contribution in [1.82, 2.24) is 4.98 Å². The van der Waals surface area contributed by atoms with Crippen LogP contribution >= 0.6 is 11.6 Å². The number of hydrogen-bond acceptors (Lipinski definition) is 6. The molecule has 0 saturated carbocycles. The number of anilines is 1. The molecule has 3 aromatic rings. The van der Waals surface area contributed by atoms with Gasteiger partial charge in [0.2, 0.25) is 5.88 Å². The monoisotopic (exact) mass is 520 g/mol. The molecule has 0 radical (unpaired) electrons. The van der Waals surface area contributed by atoms with Gasteiger partial charge in [-0.3, -0.25) is 0 Å². The minimum atomic E-state index is -4.45. The second kappa shape index (κ2) is 11.1. The smallest absolute Gasteiger partial charge is 0.417 e. The number of carbonyl (C=O) groups is 1. The highest BCUT2D eigenvalue weighted by molar-refractivity contribution is 6.33. The maximum Gasteiger partial charge on any atom is 0.417 e. The van der Waals surface area contributed by atoms with Gasteiger partial charge in [0.05, 0.1) is 24.4 Å². The van der Waals surface area contributed by atoms with E-state index in [1.165, 1.54) is 6.07 Å². The van der Waals surface area contributed by atoms with Crippen LogP contribution in [0.1, 0.15) is 18.9 Å². The van der Waals surface area contributed by atoms with E-state index in [1.807, 2.05) is 41.3 Å².